The number of carbonyl (C=O) groups is 1. The molecule has 5 heteroatoms. The van der Waals surface area contributed by atoms with E-state index in [2.05, 4.69) is 20.3 Å². The Bertz CT molecular complexity index is 293. The smallest absolute Gasteiger partial charge is 0.239 e. The number of rotatable bonds is 5. The van der Waals surface area contributed by atoms with E-state index in [1.54, 1.807) is 6.07 Å². The molecule has 0 aliphatic heterocycles. The predicted molar refractivity (Wildman–Crippen MR) is 50.7 cm³/mol. The number of nitrogens with one attached hydrogen (secondary N) is 2. The summed E-state index contributed by atoms with van der Waals surface area (Å²) in [7, 11) is 0. The van der Waals surface area contributed by atoms with Gasteiger partial charge in [-0.05, 0) is 25.3 Å². The van der Waals surface area contributed by atoms with Gasteiger partial charge in [-0.2, -0.15) is 0 Å². The first-order chi connectivity index (χ1) is 6.84. The van der Waals surface area contributed by atoms with Crippen LogP contribution in [0.3, 0.4) is 0 Å². The van der Waals surface area contributed by atoms with Crippen molar-refractivity contribution in [3.05, 3.63) is 12.3 Å². The van der Waals surface area contributed by atoms with E-state index in [1.807, 2.05) is 0 Å². The molecule has 1 aromatic rings. The van der Waals surface area contributed by atoms with Crippen LogP contribution in [0.1, 0.15) is 12.8 Å². The van der Waals surface area contributed by atoms with Gasteiger partial charge in [-0.25, -0.2) is 0 Å². The van der Waals surface area contributed by atoms with E-state index in [-0.39, 0.29) is 5.91 Å². The van der Waals surface area contributed by atoms with Crippen LogP contribution in [0.2, 0.25) is 0 Å². The Morgan fingerprint density at radius 3 is 3.14 bits per heavy atom. The van der Waals surface area contributed by atoms with Crippen LogP contribution in [0.25, 0.3) is 0 Å². The van der Waals surface area contributed by atoms with Gasteiger partial charge in [0.1, 0.15) is 6.26 Å². The van der Waals surface area contributed by atoms with Crippen LogP contribution >= 0.6 is 0 Å². The number of amides is 1. The van der Waals surface area contributed by atoms with E-state index < -0.39 is 0 Å². The van der Waals surface area contributed by atoms with E-state index in [4.69, 9.17) is 0 Å². The lowest BCUT2D eigenvalue weighted by Crippen LogP contribution is -2.29. The summed E-state index contributed by atoms with van der Waals surface area (Å²) >= 11 is 0. The lowest BCUT2D eigenvalue weighted by atomic mass is 10.4. The standard InChI is InChI=1S/C9H13N3O2/c13-9(6-10-5-7-1-2-7)11-8-3-4-14-12-8/h3-4,7,10H,1-2,5-6H2,(H,11,12,13). The molecule has 0 radical (unpaired) electrons. The zero-order valence-electron chi connectivity index (χ0n) is 7.82. The second kappa shape index (κ2) is 4.23. The molecule has 1 heterocycles. The number of hydrogen-bond acceptors (Lipinski definition) is 4. The Hall–Kier alpha value is -1.36. The maximum atomic E-state index is 11.3. The molecule has 2 rings (SSSR count). The zero-order valence-corrected chi connectivity index (χ0v) is 7.82. The molecule has 1 saturated carbocycles. The normalized spacial score (nSPS) is 15.4. The Balaban J connectivity index is 1.62. The molecule has 2 N–H and O–H groups in total. The summed E-state index contributed by atoms with van der Waals surface area (Å²) < 4.78 is 4.58. The van der Waals surface area contributed by atoms with Gasteiger partial charge in [0, 0.05) is 6.07 Å². The molecule has 14 heavy (non-hydrogen) atoms. The molecule has 0 saturated heterocycles. The van der Waals surface area contributed by atoms with E-state index in [0.29, 0.717) is 12.4 Å². The topological polar surface area (TPSA) is 67.2 Å². The third kappa shape index (κ3) is 2.85. The molecule has 0 aromatic carbocycles. The predicted octanol–water partition coefficient (Wildman–Crippen LogP) is 0.613. The number of aromatic nitrogens is 1. The minimum Gasteiger partial charge on any atom is -0.363 e. The van der Waals surface area contributed by atoms with Crippen molar-refractivity contribution in [2.75, 3.05) is 18.4 Å². The van der Waals surface area contributed by atoms with Crippen LogP contribution in [-0.4, -0.2) is 24.2 Å². The van der Waals surface area contributed by atoms with E-state index in [0.717, 1.165) is 12.5 Å². The van der Waals surface area contributed by atoms with E-state index >= 15 is 0 Å². The molecule has 1 aliphatic carbocycles. The summed E-state index contributed by atoms with van der Waals surface area (Å²) in [4.78, 5) is 11.3. The number of anilines is 1. The molecular formula is C9H13N3O2. The van der Waals surface area contributed by atoms with Gasteiger partial charge >= 0.3 is 0 Å². The summed E-state index contributed by atoms with van der Waals surface area (Å²) in [6.07, 6.45) is 4.00. The van der Waals surface area contributed by atoms with Gasteiger partial charge in [-0.1, -0.05) is 5.16 Å². The molecule has 0 spiro atoms. The molecule has 0 atom stereocenters. The van der Waals surface area contributed by atoms with Crippen LogP contribution in [0.4, 0.5) is 5.82 Å². The van der Waals surface area contributed by atoms with Crippen LogP contribution in [0.5, 0.6) is 0 Å². The fourth-order valence-corrected chi connectivity index (χ4v) is 1.18. The highest BCUT2D eigenvalue weighted by molar-refractivity contribution is 5.91. The first-order valence-electron chi connectivity index (χ1n) is 4.75. The van der Waals surface area contributed by atoms with E-state index in [1.165, 1.54) is 19.1 Å². The molecule has 76 valence electrons. The lowest BCUT2D eigenvalue weighted by Gasteiger charge is -2.02. The summed E-state index contributed by atoms with van der Waals surface area (Å²) in [6.45, 7) is 1.27. The number of hydrogen-bond donors (Lipinski definition) is 2. The minimum atomic E-state index is -0.0837. The fourth-order valence-electron chi connectivity index (χ4n) is 1.18. The molecular weight excluding hydrogens is 182 g/mol. The van der Waals surface area contributed by atoms with Gasteiger partial charge in [0.25, 0.3) is 0 Å². The van der Waals surface area contributed by atoms with Gasteiger partial charge in [-0.3, -0.25) is 4.79 Å². The Morgan fingerprint density at radius 1 is 1.64 bits per heavy atom. The summed E-state index contributed by atoms with van der Waals surface area (Å²) in [5.74, 6) is 1.16. The summed E-state index contributed by atoms with van der Waals surface area (Å²) in [5, 5.41) is 9.28. The first kappa shape index (κ1) is 9.21. The molecule has 1 amide bonds. The zero-order chi connectivity index (χ0) is 9.80. The largest absolute Gasteiger partial charge is 0.363 e. The number of carbonyl (C=O) groups excluding carboxylic acids is 1. The first-order valence-corrected chi connectivity index (χ1v) is 4.75. The lowest BCUT2D eigenvalue weighted by molar-refractivity contribution is -0.115. The van der Waals surface area contributed by atoms with E-state index in [9.17, 15) is 4.79 Å². The van der Waals surface area contributed by atoms with Crippen LogP contribution in [0.15, 0.2) is 16.9 Å². The number of nitrogens with zero attached hydrogens (tertiary/aromatic N) is 1. The summed E-state index contributed by atoms with van der Waals surface area (Å²) in [5.41, 5.74) is 0. The highest BCUT2D eigenvalue weighted by Crippen LogP contribution is 2.27. The van der Waals surface area contributed by atoms with Crippen molar-refractivity contribution < 1.29 is 9.32 Å². The second-order valence-corrected chi connectivity index (χ2v) is 3.51. The van der Waals surface area contributed by atoms with Crippen molar-refractivity contribution in [1.82, 2.24) is 10.5 Å². The third-order valence-corrected chi connectivity index (χ3v) is 2.12. The van der Waals surface area contributed by atoms with Gasteiger partial charge in [0.2, 0.25) is 5.91 Å². The fraction of sp³-hybridized carbons (Fsp3) is 0.556. The second-order valence-electron chi connectivity index (χ2n) is 3.51. The van der Waals surface area contributed by atoms with Gasteiger partial charge in [-0.15, -0.1) is 0 Å². The molecule has 0 bridgehead atoms. The highest BCUT2D eigenvalue weighted by atomic mass is 16.5. The van der Waals surface area contributed by atoms with Gasteiger partial charge < -0.3 is 15.2 Å². The molecule has 1 fully saturated rings. The maximum Gasteiger partial charge on any atom is 0.239 e. The Morgan fingerprint density at radius 2 is 2.50 bits per heavy atom. The van der Waals surface area contributed by atoms with Crippen LogP contribution in [0, 0.1) is 5.92 Å². The quantitative estimate of drug-likeness (QED) is 0.722. The van der Waals surface area contributed by atoms with Gasteiger partial charge in [0.05, 0.1) is 6.54 Å². The maximum absolute atomic E-state index is 11.3. The molecule has 1 aromatic heterocycles. The van der Waals surface area contributed by atoms with Crippen molar-refractivity contribution in [2.24, 2.45) is 5.92 Å². The van der Waals surface area contributed by atoms with Crippen molar-refractivity contribution in [3.8, 4) is 0 Å². The molecule has 1 aliphatic rings. The summed E-state index contributed by atoms with van der Waals surface area (Å²) in [6, 6.07) is 1.61. The Labute approximate surface area is 81.8 Å². The third-order valence-electron chi connectivity index (χ3n) is 2.12. The molecule has 5 nitrogen and oxygen atoms in total. The van der Waals surface area contributed by atoms with Crippen LogP contribution < -0.4 is 10.6 Å². The average Bonchev–Trinajstić information content (AvgIpc) is 2.83. The van der Waals surface area contributed by atoms with Crippen molar-refractivity contribution in [3.63, 3.8) is 0 Å². The van der Waals surface area contributed by atoms with Gasteiger partial charge in [0.15, 0.2) is 5.82 Å². The van der Waals surface area contributed by atoms with Crippen LogP contribution in [-0.2, 0) is 4.79 Å². The average molecular weight is 195 g/mol. The minimum absolute atomic E-state index is 0.0837. The molecule has 0 unspecified atom stereocenters. The SMILES string of the molecule is O=C(CNCC1CC1)Nc1ccon1. The van der Waals surface area contributed by atoms with Crippen molar-refractivity contribution in [1.29, 1.82) is 0 Å². The van der Waals surface area contributed by atoms with Crippen molar-refractivity contribution in [2.45, 2.75) is 12.8 Å². The Kier molecular flexibility index (Phi) is 2.78. The van der Waals surface area contributed by atoms with Crippen molar-refractivity contribution >= 4 is 11.7 Å². The highest BCUT2D eigenvalue weighted by Gasteiger charge is 2.20. The monoisotopic (exact) mass is 195 g/mol.